The lowest BCUT2D eigenvalue weighted by Gasteiger charge is -2.37. The summed E-state index contributed by atoms with van der Waals surface area (Å²) >= 11 is 8.01. The highest BCUT2D eigenvalue weighted by molar-refractivity contribution is 7.21. The minimum Gasteiger partial charge on any atom is -0.497 e. The number of aryl methyl sites for hydroxylation is 1. The lowest BCUT2D eigenvalue weighted by Crippen LogP contribution is -2.48. The quantitative estimate of drug-likeness (QED) is 0.594. The maximum Gasteiger partial charge on any atom is 0.265 e. The highest BCUT2D eigenvalue weighted by atomic mass is 35.5. The van der Waals surface area contributed by atoms with E-state index in [0.717, 1.165) is 28.9 Å². The number of ether oxygens (including phenoxy) is 1. The van der Waals surface area contributed by atoms with Crippen LogP contribution in [0, 0.1) is 13.8 Å². The van der Waals surface area contributed by atoms with E-state index in [2.05, 4.69) is 36.9 Å². The molecule has 1 aliphatic heterocycles. The number of methoxy groups -OCH3 is 1. The summed E-state index contributed by atoms with van der Waals surface area (Å²) in [5.74, 6) is 0.763. The predicted molar refractivity (Wildman–Crippen MR) is 117 cm³/mol. The van der Waals surface area contributed by atoms with Gasteiger partial charge in [0.05, 0.1) is 12.1 Å². The normalized spacial score (nSPS) is 14.6. The Morgan fingerprint density at radius 2 is 1.86 bits per heavy atom. The van der Waals surface area contributed by atoms with Crippen molar-refractivity contribution in [2.45, 2.75) is 13.8 Å². The van der Waals surface area contributed by atoms with Gasteiger partial charge in [0.2, 0.25) is 0 Å². The van der Waals surface area contributed by atoms with Crippen LogP contribution in [0.2, 0.25) is 5.02 Å². The number of piperazine rings is 1. The molecule has 1 amide bonds. The van der Waals surface area contributed by atoms with E-state index in [1.54, 1.807) is 7.11 Å². The van der Waals surface area contributed by atoms with Crippen molar-refractivity contribution in [1.29, 1.82) is 0 Å². The molecule has 4 nitrogen and oxygen atoms in total. The zero-order valence-corrected chi connectivity index (χ0v) is 17.9. The van der Waals surface area contributed by atoms with Crippen LogP contribution in [-0.2, 0) is 0 Å². The molecule has 2 heterocycles. The zero-order chi connectivity index (χ0) is 19.8. The van der Waals surface area contributed by atoms with Crippen LogP contribution in [0.4, 0.5) is 5.69 Å². The molecule has 0 atom stereocenters. The fourth-order valence-corrected chi connectivity index (χ4v) is 5.14. The zero-order valence-electron chi connectivity index (χ0n) is 16.3. The Kier molecular flexibility index (Phi) is 5.21. The molecule has 2 aromatic carbocycles. The van der Waals surface area contributed by atoms with Crippen LogP contribution in [0.25, 0.3) is 10.1 Å². The molecule has 0 saturated carbocycles. The van der Waals surface area contributed by atoms with Gasteiger partial charge in [-0.3, -0.25) is 4.79 Å². The molecule has 1 saturated heterocycles. The van der Waals surface area contributed by atoms with E-state index >= 15 is 0 Å². The summed E-state index contributed by atoms with van der Waals surface area (Å²) in [7, 11) is 1.63. The van der Waals surface area contributed by atoms with Gasteiger partial charge < -0.3 is 14.5 Å². The van der Waals surface area contributed by atoms with Gasteiger partial charge in [-0.15, -0.1) is 11.3 Å². The van der Waals surface area contributed by atoms with Crippen molar-refractivity contribution in [2.24, 2.45) is 0 Å². The summed E-state index contributed by atoms with van der Waals surface area (Å²) in [5, 5.41) is 1.41. The number of carbonyl (C=O) groups is 1. The van der Waals surface area contributed by atoms with Crippen molar-refractivity contribution in [2.75, 3.05) is 38.2 Å². The van der Waals surface area contributed by atoms with E-state index < -0.39 is 0 Å². The molecular formula is C22H23ClN2O2S. The van der Waals surface area contributed by atoms with Crippen molar-refractivity contribution in [1.82, 2.24) is 4.90 Å². The Morgan fingerprint density at radius 1 is 1.11 bits per heavy atom. The Morgan fingerprint density at radius 3 is 2.57 bits per heavy atom. The first kappa shape index (κ1) is 19.1. The molecule has 1 fully saturated rings. The standard InChI is InChI=1S/C22H23ClN2O2S/c1-14-5-4-6-18(15(14)2)24-9-11-25(12-10-24)22(26)21-20(23)17-13-16(27-3)7-8-19(17)28-21/h4-8,13H,9-12H2,1-3H3. The summed E-state index contributed by atoms with van der Waals surface area (Å²) in [4.78, 5) is 18.0. The number of hydrogen-bond acceptors (Lipinski definition) is 4. The van der Waals surface area contributed by atoms with E-state index in [4.69, 9.17) is 16.3 Å². The summed E-state index contributed by atoms with van der Waals surface area (Å²) < 4.78 is 6.28. The summed E-state index contributed by atoms with van der Waals surface area (Å²) in [6.45, 7) is 7.34. The second-order valence-corrected chi connectivity index (χ2v) is 8.54. The van der Waals surface area contributed by atoms with Gasteiger partial charge in [-0.05, 0) is 49.2 Å². The largest absolute Gasteiger partial charge is 0.497 e. The topological polar surface area (TPSA) is 32.8 Å². The molecule has 1 aliphatic rings. The molecule has 146 valence electrons. The van der Waals surface area contributed by atoms with Gasteiger partial charge in [0.15, 0.2) is 0 Å². The van der Waals surface area contributed by atoms with E-state index in [0.29, 0.717) is 23.0 Å². The van der Waals surface area contributed by atoms with Crippen molar-refractivity contribution in [3.63, 3.8) is 0 Å². The maximum absolute atomic E-state index is 13.1. The Balaban J connectivity index is 1.52. The molecule has 0 unspecified atom stereocenters. The Bertz CT molecular complexity index is 1040. The lowest BCUT2D eigenvalue weighted by molar-refractivity contribution is 0.0752. The summed E-state index contributed by atoms with van der Waals surface area (Å²) in [5.41, 5.74) is 3.87. The van der Waals surface area contributed by atoms with Gasteiger partial charge in [-0.1, -0.05) is 23.7 Å². The molecule has 0 N–H and O–H groups in total. The number of anilines is 1. The number of hydrogen-bond donors (Lipinski definition) is 0. The van der Waals surface area contributed by atoms with Crippen molar-refractivity contribution < 1.29 is 9.53 Å². The van der Waals surface area contributed by atoms with Gasteiger partial charge >= 0.3 is 0 Å². The van der Waals surface area contributed by atoms with Gasteiger partial charge in [-0.2, -0.15) is 0 Å². The molecular weight excluding hydrogens is 392 g/mol. The molecule has 0 spiro atoms. The van der Waals surface area contributed by atoms with Crippen LogP contribution >= 0.6 is 22.9 Å². The second kappa shape index (κ2) is 7.64. The van der Waals surface area contributed by atoms with Crippen molar-refractivity contribution in [3.8, 4) is 5.75 Å². The monoisotopic (exact) mass is 414 g/mol. The first-order valence-corrected chi connectivity index (χ1v) is 10.6. The molecule has 0 aliphatic carbocycles. The van der Waals surface area contributed by atoms with Gasteiger partial charge in [0.1, 0.15) is 10.6 Å². The molecule has 0 bridgehead atoms. The van der Waals surface area contributed by atoms with Crippen molar-refractivity contribution >= 4 is 44.6 Å². The number of carbonyl (C=O) groups excluding carboxylic acids is 1. The highest BCUT2D eigenvalue weighted by Crippen LogP contribution is 2.38. The van der Waals surface area contributed by atoms with Crippen LogP contribution in [0.1, 0.15) is 20.8 Å². The highest BCUT2D eigenvalue weighted by Gasteiger charge is 2.26. The fraction of sp³-hybridized carbons (Fsp3) is 0.318. The third-order valence-electron chi connectivity index (χ3n) is 5.51. The number of benzene rings is 2. The number of rotatable bonds is 3. The molecule has 4 rings (SSSR count). The second-order valence-electron chi connectivity index (χ2n) is 7.11. The van der Waals surface area contributed by atoms with Gasteiger partial charge in [0.25, 0.3) is 5.91 Å². The summed E-state index contributed by atoms with van der Waals surface area (Å²) in [6.07, 6.45) is 0. The van der Waals surface area contributed by atoms with Crippen LogP contribution in [-0.4, -0.2) is 44.1 Å². The average Bonchev–Trinajstić information content (AvgIpc) is 3.05. The van der Waals surface area contributed by atoms with Gasteiger partial charge in [-0.25, -0.2) is 0 Å². The van der Waals surface area contributed by atoms with E-state index in [1.807, 2.05) is 23.1 Å². The molecule has 1 aromatic heterocycles. The van der Waals surface area contributed by atoms with Crippen LogP contribution < -0.4 is 9.64 Å². The number of fused-ring (bicyclic) bond motifs is 1. The first-order valence-electron chi connectivity index (χ1n) is 9.36. The number of halogens is 1. The average molecular weight is 415 g/mol. The lowest BCUT2D eigenvalue weighted by atomic mass is 10.1. The Labute approximate surface area is 174 Å². The fourth-order valence-electron chi connectivity index (χ4n) is 3.68. The maximum atomic E-state index is 13.1. The number of thiophene rings is 1. The third-order valence-corrected chi connectivity index (χ3v) is 7.18. The number of nitrogens with zero attached hydrogens (tertiary/aromatic N) is 2. The smallest absolute Gasteiger partial charge is 0.265 e. The summed E-state index contributed by atoms with van der Waals surface area (Å²) in [6, 6.07) is 12.1. The molecule has 28 heavy (non-hydrogen) atoms. The minimum atomic E-state index is 0.0192. The third kappa shape index (κ3) is 3.33. The number of amides is 1. The van der Waals surface area contributed by atoms with Crippen molar-refractivity contribution in [3.05, 3.63) is 57.4 Å². The van der Waals surface area contributed by atoms with Crippen LogP contribution in [0.15, 0.2) is 36.4 Å². The Hall–Kier alpha value is -2.24. The minimum absolute atomic E-state index is 0.0192. The van der Waals surface area contributed by atoms with Crippen LogP contribution in [0.5, 0.6) is 5.75 Å². The van der Waals surface area contributed by atoms with E-state index in [-0.39, 0.29) is 5.91 Å². The van der Waals surface area contributed by atoms with Crippen LogP contribution in [0.3, 0.4) is 0 Å². The predicted octanol–water partition coefficient (Wildman–Crippen LogP) is 5.14. The van der Waals surface area contributed by atoms with Gasteiger partial charge in [0, 0.05) is 42.0 Å². The SMILES string of the molecule is COc1ccc2sc(C(=O)N3CCN(c4cccc(C)c4C)CC3)c(Cl)c2c1. The van der Waals surface area contributed by atoms with E-state index in [9.17, 15) is 4.79 Å². The molecule has 6 heteroatoms. The first-order chi connectivity index (χ1) is 13.5. The molecule has 0 radical (unpaired) electrons. The molecule has 3 aromatic rings. The van der Waals surface area contributed by atoms with E-state index in [1.165, 1.54) is 28.2 Å².